The minimum absolute atomic E-state index is 0.00862. The van der Waals surface area contributed by atoms with E-state index in [-0.39, 0.29) is 111 Å². The number of nitrogens with zero attached hydrogens (tertiary/aromatic N) is 5. The maximum absolute atomic E-state index is 14.7. The lowest BCUT2D eigenvalue weighted by Gasteiger charge is -2.42. The van der Waals surface area contributed by atoms with Gasteiger partial charge in [0, 0.05) is 65.0 Å². The topological polar surface area (TPSA) is 348 Å². The van der Waals surface area contributed by atoms with Crippen molar-refractivity contribution in [3.8, 4) is 6.07 Å². The van der Waals surface area contributed by atoms with Crippen molar-refractivity contribution in [3.63, 3.8) is 0 Å². The number of hydrogen-bond donors (Lipinski definition) is 9. The van der Waals surface area contributed by atoms with Crippen molar-refractivity contribution in [1.29, 1.82) is 5.26 Å². The van der Waals surface area contributed by atoms with E-state index in [0.29, 0.717) is 37.8 Å². The normalized spacial score (nSPS) is 19.3. The van der Waals surface area contributed by atoms with Gasteiger partial charge in [-0.05, 0) is 133 Å². The Morgan fingerprint density at radius 3 is 1.95 bits per heavy atom. The van der Waals surface area contributed by atoms with Crippen molar-refractivity contribution in [2.24, 2.45) is 40.7 Å². The molecule has 566 valence electrons. The Labute approximate surface area is 591 Å². The van der Waals surface area contributed by atoms with Gasteiger partial charge in [-0.2, -0.15) is 18.4 Å². The summed E-state index contributed by atoms with van der Waals surface area (Å²) in [5, 5.41) is 31.8. The van der Waals surface area contributed by atoms with Crippen LogP contribution in [0.2, 0.25) is 0 Å². The van der Waals surface area contributed by atoms with E-state index in [1.807, 2.05) is 59.7 Å². The molecule has 3 unspecified atom stereocenters. The molecule has 0 aliphatic carbocycles. The van der Waals surface area contributed by atoms with Gasteiger partial charge in [-0.25, -0.2) is 4.79 Å². The Hall–Kier alpha value is -7.16. The zero-order valence-electron chi connectivity index (χ0n) is 62.3. The number of methoxy groups -OCH3 is 2. The van der Waals surface area contributed by atoms with Gasteiger partial charge in [0.15, 0.2) is 6.04 Å². The van der Waals surface area contributed by atoms with Gasteiger partial charge in [-0.1, -0.05) is 108 Å². The van der Waals surface area contributed by atoms with Crippen LogP contribution in [0.5, 0.6) is 0 Å². The highest BCUT2D eigenvalue weighted by atomic mass is 19.4. The van der Waals surface area contributed by atoms with Gasteiger partial charge < -0.3 is 67.5 Å². The van der Waals surface area contributed by atoms with Crippen molar-refractivity contribution in [2.45, 2.75) is 252 Å². The van der Waals surface area contributed by atoms with Crippen LogP contribution in [0.3, 0.4) is 0 Å². The number of primary amides is 1. The van der Waals surface area contributed by atoms with E-state index in [1.165, 1.54) is 31.3 Å². The van der Waals surface area contributed by atoms with E-state index < -0.39 is 132 Å². The Morgan fingerprint density at radius 1 is 0.750 bits per heavy atom. The predicted molar refractivity (Wildman–Crippen MR) is 375 cm³/mol. The van der Waals surface area contributed by atoms with Crippen LogP contribution >= 0.6 is 0 Å². The van der Waals surface area contributed by atoms with Crippen molar-refractivity contribution >= 4 is 64.9 Å². The number of nitrogens with one attached hydrogen (secondary N) is 8. The second-order valence-corrected chi connectivity index (χ2v) is 28.8. The molecule has 1 aromatic carbocycles. The summed E-state index contributed by atoms with van der Waals surface area (Å²) in [6.45, 7) is 22.8. The molecule has 0 spiro atoms. The van der Waals surface area contributed by atoms with Crippen LogP contribution in [-0.2, 0) is 59.2 Å². The van der Waals surface area contributed by atoms with Gasteiger partial charge in [0.25, 0.3) is 5.91 Å². The maximum Gasteiger partial charge on any atom is 0.404 e. The summed E-state index contributed by atoms with van der Waals surface area (Å²) in [7, 11) is 8.34. The second-order valence-electron chi connectivity index (χ2n) is 28.8. The lowest BCUT2D eigenvalue weighted by molar-refractivity contribution is -0.196. The molecule has 14 atom stereocenters. The lowest BCUT2D eigenvalue weighted by Crippen LogP contribution is -2.60. The number of amides is 11. The fourth-order valence-electron chi connectivity index (χ4n) is 13.6. The van der Waals surface area contributed by atoms with Crippen LogP contribution in [0, 0.1) is 46.3 Å². The molecule has 11 amide bonds. The molecule has 2 aliphatic rings. The molecule has 2 saturated heterocycles. The average Bonchev–Trinajstić information content (AvgIpc) is 1.39. The first-order valence-electron chi connectivity index (χ1n) is 35.6. The summed E-state index contributed by atoms with van der Waals surface area (Å²) >= 11 is 0. The van der Waals surface area contributed by atoms with E-state index in [0.717, 1.165) is 19.3 Å². The van der Waals surface area contributed by atoms with Gasteiger partial charge in [0.05, 0.1) is 48.7 Å². The summed E-state index contributed by atoms with van der Waals surface area (Å²) < 4.78 is 54.8. The molecular weight excluding hydrogens is 1300 g/mol. The quantitative estimate of drug-likeness (QED) is 0.0346. The largest absolute Gasteiger partial charge is 0.404 e. The minimum Gasteiger partial charge on any atom is -0.379 e. The molecule has 0 radical (unpaired) electrons. The first-order chi connectivity index (χ1) is 46.9. The molecule has 26 nitrogen and oxygen atoms in total. The number of urea groups is 1. The fourth-order valence-corrected chi connectivity index (χ4v) is 13.6. The highest BCUT2D eigenvalue weighted by molar-refractivity contribution is 5.98. The number of rotatable bonds is 41. The standard InChI is InChI=1S/C71H119F3N14O12/c1-18-21-33-70(11,12)61(85(13)14)67(96)84-58(43(6)7)68(97)86(15)59(44(8)19-2)53(99-16)39-56(90)88-36-23-26-52(88)60(100-17)46(10)62(91)82-51(40-75)64(93)78-41-47-28-30-49(31-29-47)80-65(94)50(25-22-34-77-69(76)98)81-66(95)57(42(4)5)83-55(89)27-24-35-87-37-32-48(38-54(87)71(72,73)74)63(92)79-45(9)20-3/h28-31,42-46,48,50-54,57-61H,18-27,32-39,41H2,1-17H3,(H,78,93)(H,79,92)(H,80,94)(H,81,95)(H,82,91)(H,83,89)(H,84,96)(H3,76,77,98)/t44-,45?,46+,48?,50-,51-,52-,53+,54?,57-,58-,59-,60+,61+/m0/s1. The number of unbranched alkanes of at least 4 members (excludes halogenated alkanes) is 1. The van der Waals surface area contributed by atoms with Crippen LogP contribution < -0.4 is 48.3 Å². The number of carbonyl (C=O) groups is 10. The van der Waals surface area contributed by atoms with E-state index in [4.69, 9.17) is 15.2 Å². The molecule has 1 aromatic rings. The molecule has 29 heteroatoms. The van der Waals surface area contributed by atoms with Gasteiger partial charge in [0.1, 0.15) is 24.2 Å². The molecule has 3 rings (SSSR count). The highest BCUT2D eigenvalue weighted by Crippen LogP contribution is 2.36. The van der Waals surface area contributed by atoms with Crippen LogP contribution in [0.25, 0.3) is 0 Å². The fraction of sp³-hybridized carbons (Fsp3) is 0.761. The number of halogens is 3. The summed E-state index contributed by atoms with van der Waals surface area (Å²) in [5.74, 6) is -7.37. The van der Waals surface area contributed by atoms with Crippen LogP contribution in [0.15, 0.2) is 24.3 Å². The molecule has 100 heavy (non-hydrogen) atoms. The van der Waals surface area contributed by atoms with Crippen LogP contribution in [0.1, 0.15) is 179 Å². The van der Waals surface area contributed by atoms with E-state index in [9.17, 15) is 66.4 Å². The molecule has 2 heterocycles. The number of alkyl halides is 3. The van der Waals surface area contributed by atoms with Crippen molar-refractivity contribution in [1.82, 2.24) is 56.8 Å². The molecule has 2 fully saturated rings. The first-order valence-corrected chi connectivity index (χ1v) is 35.6. The van der Waals surface area contributed by atoms with E-state index in [2.05, 4.69) is 63.3 Å². The average molecular weight is 1420 g/mol. The smallest absolute Gasteiger partial charge is 0.379 e. The number of ether oxygens (including phenoxy) is 2. The number of benzene rings is 1. The SMILES string of the molecule is CCCCC(C)(C)[C@@H](C(=O)N[C@H](C(=O)N(C)[C@@H]([C@@H](C)CC)[C@@H](CC(=O)N1CCC[C@H]1[C@H](OC)[C@@H](C)C(=O)N[C@@H](C#N)C(=O)NCc1ccc(NC(=O)[C@H](CCCNC(N)=O)NC(=O)[C@@H](NC(=O)CCCN2CCC(C(=O)NC(C)CC)CC2C(F)(F)F)C(C)C)cc1)OC)C(C)C)N(C)C. The number of piperidine rings is 1. The van der Waals surface area contributed by atoms with Crippen LogP contribution in [0.4, 0.5) is 23.7 Å². The number of anilines is 1. The predicted octanol–water partition coefficient (Wildman–Crippen LogP) is 5.87. The summed E-state index contributed by atoms with van der Waals surface area (Å²) in [5.41, 5.74) is 5.67. The third-order valence-electron chi connectivity index (χ3n) is 19.7. The lowest BCUT2D eigenvalue weighted by atomic mass is 9.78. The Balaban J connectivity index is 1.66. The van der Waals surface area contributed by atoms with Gasteiger partial charge >= 0.3 is 12.2 Å². The van der Waals surface area contributed by atoms with E-state index in [1.54, 1.807) is 56.7 Å². The zero-order chi connectivity index (χ0) is 75.5. The van der Waals surface area contributed by atoms with Crippen molar-refractivity contribution in [3.05, 3.63) is 29.8 Å². The van der Waals surface area contributed by atoms with Gasteiger partial charge in [0.2, 0.25) is 47.3 Å². The van der Waals surface area contributed by atoms with Gasteiger partial charge in [-0.3, -0.25) is 53.0 Å². The van der Waals surface area contributed by atoms with E-state index >= 15 is 0 Å². The summed E-state index contributed by atoms with van der Waals surface area (Å²) in [6, 6.07) is -1.29. The molecule has 10 N–H and O–H groups in total. The molecule has 2 aliphatic heterocycles. The zero-order valence-corrected chi connectivity index (χ0v) is 62.3. The Bertz CT molecular complexity index is 2880. The number of likely N-dealkylation sites (N-methyl/N-ethyl adjacent to an activating group) is 2. The number of hydrogen-bond acceptors (Lipinski definition) is 15. The Morgan fingerprint density at radius 2 is 1.40 bits per heavy atom. The number of nitriles is 1. The van der Waals surface area contributed by atoms with Crippen molar-refractivity contribution in [2.75, 3.05) is 66.9 Å². The summed E-state index contributed by atoms with van der Waals surface area (Å²) in [4.78, 5) is 142. The summed E-state index contributed by atoms with van der Waals surface area (Å²) in [6.07, 6.45) is -1.38. The first kappa shape index (κ1) is 87.1. The molecule has 0 bridgehead atoms. The monoisotopic (exact) mass is 1420 g/mol. The molecular formula is C71H119F3N14O12. The maximum atomic E-state index is 14.7. The number of likely N-dealkylation sites (tertiary alicyclic amines) is 2. The number of carbonyl (C=O) groups excluding carboxylic acids is 10. The van der Waals surface area contributed by atoms with Crippen molar-refractivity contribution < 1.29 is 70.6 Å². The van der Waals surface area contributed by atoms with Gasteiger partial charge in [-0.15, -0.1) is 0 Å². The number of nitrogens with two attached hydrogens (primary N) is 1. The third-order valence-corrected chi connectivity index (χ3v) is 19.7. The molecule has 0 saturated carbocycles. The Kier molecular flexibility index (Phi) is 36.3. The second kappa shape index (κ2) is 41.7. The van der Waals surface area contributed by atoms with Crippen LogP contribution in [-0.4, -0.2) is 213 Å². The third kappa shape index (κ3) is 26.3. The highest BCUT2D eigenvalue weighted by Gasteiger charge is 2.49. The molecule has 0 aromatic heterocycles. The minimum atomic E-state index is -4.60.